The van der Waals surface area contributed by atoms with E-state index in [-0.39, 0.29) is 11.4 Å². The van der Waals surface area contributed by atoms with Gasteiger partial charge in [-0.25, -0.2) is 12.7 Å². The van der Waals surface area contributed by atoms with E-state index in [1.807, 2.05) is 6.92 Å². The molecule has 90 valence electrons. The topological polar surface area (TPSA) is 46.6 Å². The zero-order chi connectivity index (χ0) is 11.5. The number of ether oxygens (including phenoxy) is 1. The van der Waals surface area contributed by atoms with Crippen LogP contribution >= 0.6 is 0 Å². The molecule has 1 aliphatic heterocycles. The molecular weight excluding hydrogens is 214 g/mol. The van der Waals surface area contributed by atoms with Gasteiger partial charge in [-0.1, -0.05) is 0 Å². The van der Waals surface area contributed by atoms with Crippen molar-refractivity contribution in [3.8, 4) is 0 Å². The van der Waals surface area contributed by atoms with Crippen LogP contribution in [0, 0.1) is 0 Å². The maximum absolute atomic E-state index is 11.8. The van der Waals surface area contributed by atoms with E-state index in [1.165, 1.54) is 0 Å². The molecule has 5 heteroatoms. The second-order valence-electron chi connectivity index (χ2n) is 4.15. The standard InChI is InChI=1S/C10H21NO3S/c1-4-14-10-5-7-11(8-6-10)15(12,13)9(2)3/h9-10H,4-8H2,1-3H3. The number of hydrogen-bond acceptors (Lipinski definition) is 3. The van der Waals surface area contributed by atoms with Crippen molar-refractivity contribution in [2.24, 2.45) is 0 Å². The van der Waals surface area contributed by atoms with E-state index in [0.717, 1.165) is 12.8 Å². The highest BCUT2D eigenvalue weighted by Crippen LogP contribution is 2.18. The van der Waals surface area contributed by atoms with Gasteiger partial charge < -0.3 is 4.74 Å². The third-order valence-electron chi connectivity index (χ3n) is 2.76. The predicted molar refractivity (Wildman–Crippen MR) is 60.3 cm³/mol. The molecule has 0 spiro atoms. The van der Waals surface area contributed by atoms with Gasteiger partial charge in [0.15, 0.2) is 0 Å². The van der Waals surface area contributed by atoms with Crippen molar-refractivity contribution in [1.82, 2.24) is 4.31 Å². The van der Waals surface area contributed by atoms with Crippen molar-refractivity contribution < 1.29 is 13.2 Å². The Morgan fingerprint density at radius 2 is 1.87 bits per heavy atom. The van der Waals surface area contributed by atoms with E-state index in [0.29, 0.717) is 19.7 Å². The van der Waals surface area contributed by atoms with Crippen molar-refractivity contribution in [2.75, 3.05) is 19.7 Å². The summed E-state index contributed by atoms with van der Waals surface area (Å²) in [6.45, 7) is 7.34. The second kappa shape index (κ2) is 5.27. The Balaban J connectivity index is 2.51. The first-order valence-electron chi connectivity index (χ1n) is 5.59. The third kappa shape index (κ3) is 3.16. The largest absolute Gasteiger partial charge is 0.378 e. The first-order chi connectivity index (χ1) is 6.98. The molecule has 0 aromatic rings. The molecular formula is C10H21NO3S. The van der Waals surface area contributed by atoms with Crippen LogP contribution in [-0.2, 0) is 14.8 Å². The van der Waals surface area contributed by atoms with Gasteiger partial charge in [-0.3, -0.25) is 0 Å². The summed E-state index contributed by atoms with van der Waals surface area (Å²) in [4.78, 5) is 0. The van der Waals surface area contributed by atoms with Crippen LogP contribution in [0.3, 0.4) is 0 Å². The van der Waals surface area contributed by atoms with E-state index < -0.39 is 10.0 Å². The van der Waals surface area contributed by atoms with Crippen LogP contribution in [0.4, 0.5) is 0 Å². The van der Waals surface area contributed by atoms with Crippen molar-refractivity contribution in [3.05, 3.63) is 0 Å². The van der Waals surface area contributed by atoms with Gasteiger partial charge in [-0.05, 0) is 33.6 Å². The van der Waals surface area contributed by atoms with Crippen molar-refractivity contribution in [3.63, 3.8) is 0 Å². The van der Waals surface area contributed by atoms with Gasteiger partial charge in [0, 0.05) is 19.7 Å². The lowest BCUT2D eigenvalue weighted by atomic mass is 10.1. The first-order valence-corrected chi connectivity index (χ1v) is 7.09. The lowest BCUT2D eigenvalue weighted by Gasteiger charge is -2.32. The minimum atomic E-state index is -3.06. The first kappa shape index (κ1) is 12.9. The van der Waals surface area contributed by atoms with Gasteiger partial charge in [0.2, 0.25) is 10.0 Å². The van der Waals surface area contributed by atoms with Gasteiger partial charge >= 0.3 is 0 Å². The lowest BCUT2D eigenvalue weighted by Crippen LogP contribution is -2.43. The fraction of sp³-hybridized carbons (Fsp3) is 1.00. The molecule has 0 N–H and O–H groups in total. The molecule has 0 unspecified atom stereocenters. The van der Waals surface area contributed by atoms with Crippen LogP contribution in [0.15, 0.2) is 0 Å². The Kier molecular flexibility index (Phi) is 4.55. The van der Waals surface area contributed by atoms with Crippen LogP contribution in [0.1, 0.15) is 33.6 Å². The fourth-order valence-corrected chi connectivity index (χ4v) is 3.10. The zero-order valence-electron chi connectivity index (χ0n) is 9.77. The molecule has 0 aromatic carbocycles. The molecule has 1 rings (SSSR count). The molecule has 0 amide bonds. The highest BCUT2D eigenvalue weighted by atomic mass is 32.2. The summed E-state index contributed by atoms with van der Waals surface area (Å²) < 4.78 is 30.7. The number of piperidine rings is 1. The molecule has 4 nitrogen and oxygen atoms in total. The fourth-order valence-electron chi connectivity index (χ4n) is 1.79. The maximum atomic E-state index is 11.8. The second-order valence-corrected chi connectivity index (χ2v) is 6.64. The van der Waals surface area contributed by atoms with Crippen LogP contribution < -0.4 is 0 Å². The van der Waals surface area contributed by atoms with E-state index in [9.17, 15) is 8.42 Å². The Hall–Kier alpha value is -0.130. The van der Waals surface area contributed by atoms with Gasteiger partial charge in [-0.15, -0.1) is 0 Å². The monoisotopic (exact) mass is 235 g/mol. The Morgan fingerprint density at radius 3 is 2.27 bits per heavy atom. The van der Waals surface area contributed by atoms with Crippen LogP contribution in [-0.4, -0.2) is 43.8 Å². The Labute approximate surface area is 92.7 Å². The van der Waals surface area contributed by atoms with Crippen LogP contribution in [0.2, 0.25) is 0 Å². The van der Waals surface area contributed by atoms with Gasteiger partial charge in [0.05, 0.1) is 11.4 Å². The van der Waals surface area contributed by atoms with Crippen LogP contribution in [0.5, 0.6) is 0 Å². The minimum absolute atomic E-state index is 0.244. The molecule has 1 fully saturated rings. The number of hydrogen-bond donors (Lipinski definition) is 0. The molecule has 0 saturated carbocycles. The van der Waals surface area contributed by atoms with Gasteiger partial charge in [-0.2, -0.15) is 0 Å². The van der Waals surface area contributed by atoms with E-state index >= 15 is 0 Å². The normalized spacial score (nSPS) is 21.1. The summed E-state index contributed by atoms with van der Waals surface area (Å²) in [5.74, 6) is 0. The Bertz CT molecular complexity index is 279. The Morgan fingerprint density at radius 1 is 1.33 bits per heavy atom. The molecule has 0 radical (unpaired) electrons. The number of rotatable bonds is 4. The molecule has 0 atom stereocenters. The molecule has 1 aliphatic rings. The summed E-state index contributed by atoms with van der Waals surface area (Å²) in [6, 6.07) is 0. The summed E-state index contributed by atoms with van der Waals surface area (Å²) in [5, 5.41) is -0.318. The van der Waals surface area contributed by atoms with Gasteiger partial charge in [0.25, 0.3) is 0 Å². The highest BCUT2D eigenvalue weighted by Gasteiger charge is 2.30. The van der Waals surface area contributed by atoms with Crippen molar-refractivity contribution >= 4 is 10.0 Å². The number of sulfonamides is 1. The zero-order valence-corrected chi connectivity index (χ0v) is 10.6. The highest BCUT2D eigenvalue weighted by molar-refractivity contribution is 7.89. The summed E-state index contributed by atoms with van der Waals surface area (Å²) in [6.07, 6.45) is 1.88. The van der Waals surface area contributed by atoms with E-state index in [1.54, 1.807) is 18.2 Å². The van der Waals surface area contributed by atoms with Gasteiger partial charge in [0.1, 0.15) is 0 Å². The van der Waals surface area contributed by atoms with Crippen molar-refractivity contribution in [2.45, 2.75) is 45.0 Å². The molecule has 0 aliphatic carbocycles. The summed E-state index contributed by atoms with van der Waals surface area (Å²) >= 11 is 0. The molecule has 0 aromatic heterocycles. The van der Waals surface area contributed by atoms with Crippen molar-refractivity contribution in [1.29, 1.82) is 0 Å². The average Bonchev–Trinajstić information content (AvgIpc) is 2.19. The molecule has 15 heavy (non-hydrogen) atoms. The summed E-state index contributed by atoms with van der Waals surface area (Å²) in [5.41, 5.74) is 0. The smallest absolute Gasteiger partial charge is 0.216 e. The quantitative estimate of drug-likeness (QED) is 0.736. The molecule has 1 saturated heterocycles. The number of nitrogens with zero attached hydrogens (tertiary/aromatic N) is 1. The molecule has 1 heterocycles. The molecule has 0 bridgehead atoms. The minimum Gasteiger partial charge on any atom is -0.378 e. The average molecular weight is 235 g/mol. The summed E-state index contributed by atoms with van der Waals surface area (Å²) in [7, 11) is -3.06. The lowest BCUT2D eigenvalue weighted by molar-refractivity contribution is 0.0289. The van der Waals surface area contributed by atoms with E-state index in [4.69, 9.17) is 4.74 Å². The SMILES string of the molecule is CCOC1CCN(S(=O)(=O)C(C)C)CC1. The predicted octanol–water partition coefficient (Wildman–Crippen LogP) is 1.23. The van der Waals surface area contributed by atoms with E-state index in [2.05, 4.69) is 0 Å². The van der Waals surface area contributed by atoms with Crippen LogP contribution in [0.25, 0.3) is 0 Å². The third-order valence-corrected chi connectivity index (χ3v) is 5.04. The maximum Gasteiger partial charge on any atom is 0.216 e.